The number of carbonyl (C=O) groups excluding carboxylic acids is 1. The molecule has 4 heteroatoms. The van der Waals surface area contributed by atoms with Crippen LogP contribution in [0.25, 0.3) is 0 Å². The van der Waals surface area contributed by atoms with Gasteiger partial charge in [0.2, 0.25) is 5.91 Å². The lowest BCUT2D eigenvalue weighted by atomic mass is 10.1. The van der Waals surface area contributed by atoms with Gasteiger partial charge in [-0.05, 0) is 29.7 Å². The molecule has 1 unspecified atom stereocenters. The maximum atomic E-state index is 12.3. The lowest BCUT2D eigenvalue weighted by Crippen LogP contribution is -2.35. The van der Waals surface area contributed by atoms with Crippen LogP contribution in [0.1, 0.15) is 29.5 Å². The normalized spacial score (nSPS) is 21.0. The average Bonchev–Trinajstić information content (AvgIpc) is 3.34. The second-order valence-electron chi connectivity index (χ2n) is 5.62. The second kappa shape index (κ2) is 6.20. The minimum atomic E-state index is -0.674. The second-order valence-corrected chi connectivity index (χ2v) is 5.62. The molecule has 0 heterocycles. The molecular weight excluding hydrogens is 276 g/mol. The van der Waals surface area contributed by atoms with E-state index in [1.54, 1.807) is 13.2 Å². The Bertz CT molecular complexity index is 657. The first-order valence-electron chi connectivity index (χ1n) is 7.44. The first-order valence-corrected chi connectivity index (χ1v) is 7.44. The predicted molar refractivity (Wildman–Crippen MR) is 85.7 cm³/mol. The van der Waals surface area contributed by atoms with Gasteiger partial charge in [-0.15, -0.1) is 0 Å². The Hall–Kier alpha value is -2.33. The summed E-state index contributed by atoms with van der Waals surface area (Å²) in [6.45, 7) is 0. The summed E-state index contributed by atoms with van der Waals surface area (Å²) in [5.41, 5.74) is 8.08. The van der Waals surface area contributed by atoms with Crippen LogP contribution in [0.4, 0.5) is 0 Å². The number of amides is 1. The van der Waals surface area contributed by atoms with Gasteiger partial charge in [-0.25, -0.2) is 0 Å². The van der Waals surface area contributed by atoms with E-state index in [0.29, 0.717) is 11.7 Å². The molecule has 3 N–H and O–H groups in total. The van der Waals surface area contributed by atoms with Gasteiger partial charge in [0.15, 0.2) is 0 Å². The van der Waals surface area contributed by atoms with Crippen LogP contribution in [0.2, 0.25) is 0 Å². The highest BCUT2D eigenvalue weighted by Crippen LogP contribution is 2.40. The maximum Gasteiger partial charge on any atom is 0.241 e. The first-order chi connectivity index (χ1) is 10.7. The zero-order valence-electron chi connectivity index (χ0n) is 12.5. The summed E-state index contributed by atoms with van der Waals surface area (Å²) in [4.78, 5) is 12.3. The van der Waals surface area contributed by atoms with E-state index in [1.165, 1.54) is 5.56 Å². The number of methoxy groups -OCH3 is 1. The fourth-order valence-corrected chi connectivity index (χ4v) is 2.68. The number of ether oxygens (including phenoxy) is 1. The summed E-state index contributed by atoms with van der Waals surface area (Å²) in [6, 6.07) is 17.1. The van der Waals surface area contributed by atoms with Crippen molar-refractivity contribution in [1.29, 1.82) is 0 Å². The monoisotopic (exact) mass is 296 g/mol. The minimum Gasteiger partial charge on any atom is -0.497 e. The van der Waals surface area contributed by atoms with Crippen molar-refractivity contribution in [2.24, 2.45) is 5.73 Å². The summed E-state index contributed by atoms with van der Waals surface area (Å²) in [7, 11) is 1.60. The number of rotatable bonds is 5. The third kappa shape index (κ3) is 3.12. The van der Waals surface area contributed by atoms with Crippen LogP contribution in [-0.4, -0.2) is 19.1 Å². The van der Waals surface area contributed by atoms with E-state index in [2.05, 4.69) is 17.4 Å². The standard InChI is InChI=1S/C18H20N2O2/c1-22-14-9-5-8-13(10-14)17(19)18(21)20-16-11-15(16)12-6-3-2-4-7-12/h2-10,15-17H,11,19H2,1H3,(H,20,21)/t15-,16+,17?/m0/s1. The van der Waals surface area contributed by atoms with Crippen molar-refractivity contribution in [3.63, 3.8) is 0 Å². The molecule has 1 aliphatic carbocycles. The van der Waals surface area contributed by atoms with Gasteiger partial charge in [0.05, 0.1) is 7.11 Å². The van der Waals surface area contributed by atoms with Gasteiger partial charge in [-0.3, -0.25) is 4.79 Å². The number of hydrogen-bond acceptors (Lipinski definition) is 3. The van der Waals surface area contributed by atoms with Crippen molar-refractivity contribution in [2.75, 3.05) is 7.11 Å². The SMILES string of the molecule is COc1cccc(C(N)C(=O)N[C@@H]2C[C@H]2c2ccccc2)c1. The molecule has 3 atom stereocenters. The molecule has 0 radical (unpaired) electrons. The van der Waals surface area contributed by atoms with E-state index in [-0.39, 0.29) is 11.9 Å². The van der Waals surface area contributed by atoms with E-state index < -0.39 is 6.04 Å². The Morgan fingerprint density at radius 2 is 2.00 bits per heavy atom. The Balaban J connectivity index is 1.61. The highest BCUT2D eigenvalue weighted by atomic mass is 16.5. The van der Waals surface area contributed by atoms with Gasteiger partial charge >= 0.3 is 0 Å². The molecule has 1 amide bonds. The van der Waals surface area contributed by atoms with Gasteiger partial charge in [-0.2, -0.15) is 0 Å². The topological polar surface area (TPSA) is 64.3 Å². The molecule has 2 aromatic rings. The van der Waals surface area contributed by atoms with Gasteiger partial charge in [0.1, 0.15) is 11.8 Å². The molecule has 0 aliphatic heterocycles. The molecule has 3 rings (SSSR count). The van der Waals surface area contributed by atoms with Crippen LogP contribution in [0, 0.1) is 0 Å². The quantitative estimate of drug-likeness (QED) is 0.890. The van der Waals surface area contributed by atoms with Gasteiger partial charge in [0.25, 0.3) is 0 Å². The molecule has 2 aromatic carbocycles. The van der Waals surface area contributed by atoms with Crippen molar-refractivity contribution < 1.29 is 9.53 Å². The zero-order chi connectivity index (χ0) is 15.5. The van der Waals surface area contributed by atoms with E-state index in [0.717, 1.165) is 12.0 Å². The lowest BCUT2D eigenvalue weighted by Gasteiger charge is -2.13. The molecule has 22 heavy (non-hydrogen) atoms. The van der Waals surface area contributed by atoms with Crippen molar-refractivity contribution in [3.8, 4) is 5.75 Å². The third-order valence-corrected chi connectivity index (χ3v) is 4.08. The Morgan fingerprint density at radius 1 is 1.23 bits per heavy atom. The van der Waals surface area contributed by atoms with Crippen molar-refractivity contribution >= 4 is 5.91 Å². The lowest BCUT2D eigenvalue weighted by molar-refractivity contribution is -0.122. The summed E-state index contributed by atoms with van der Waals surface area (Å²) in [5.74, 6) is 0.966. The molecule has 114 valence electrons. The molecule has 1 saturated carbocycles. The van der Waals surface area contributed by atoms with Crippen LogP contribution in [0.3, 0.4) is 0 Å². The molecule has 1 aliphatic rings. The molecule has 0 bridgehead atoms. The molecule has 4 nitrogen and oxygen atoms in total. The Labute approximate surface area is 130 Å². The van der Waals surface area contributed by atoms with E-state index in [4.69, 9.17) is 10.5 Å². The van der Waals surface area contributed by atoms with E-state index in [1.807, 2.05) is 36.4 Å². The van der Waals surface area contributed by atoms with Crippen molar-refractivity contribution in [3.05, 3.63) is 65.7 Å². The first kappa shape index (κ1) is 14.6. The van der Waals surface area contributed by atoms with Crippen molar-refractivity contribution in [1.82, 2.24) is 5.32 Å². The van der Waals surface area contributed by atoms with E-state index in [9.17, 15) is 4.79 Å². The molecule has 1 fully saturated rings. The molecule has 0 saturated heterocycles. The Morgan fingerprint density at radius 3 is 2.73 bits per heavy atom. The molecule has 0 spiro atoms. The number of nitrogens with two attached hydrogens (primary N) is 1. The molecular formula is C18H20N2O2. The largest absolute Gasteiger partial charge is 0.497 e. The fourth-order valence-electron chi connectivity index (χ4n) is 2.68. The minimum absolute atomic E-state index is 0.142. The van der Waals surface area contributed by atoms with Crippen LogP contribution >= 0.6 is 0 Å². The zero-order valence-corrected chi connectivity index (χ0v) is 12.5. The summed E-state index contributed by atoms with van der Waals surface area (Å²) >= 11 is 0. The smallest absolute Gasteiger partial charge is 0.241 e. The summed E-state index contributed by atoms with van der Waals surface area (Å²) in [5, 5.41) is 3.03. The van der Waals surface area contributed by atoms with Gasteiger partial charge < -0.3 is 15.8 Å². The number of nitrogens with one attached hydrogen (secondary N) is 1. The van der Waals surface area contributed by atoms with Crippen LogP contribution in [0.5, 0.6) is 5.75 Å². The average molecular weight is 296 g/mol. The maximum absolute atomic E-state index is 12.3. The van der Waals surface area contributed by atoms with Gasteiger partial charge in [-0.1, -0.05) is 42.5 Å². The van der Waals surface area contributed by atoms with Crippen LogP contribution < -0.4 is 15.8 Å². The molecule has 0 aromatic heterocycles. The van der Waals surface area contributed by atoms with Gasteiger partial charge in [0, 0.05) is 12.0 Å². The summed E-state index contributed by atoms with van der Waals surface area (Å²) in [6.07, 6.45) is 0.973. The van der Waals surface area contributed by atoms with E-state index >= 15 is 0 Å². The number of benzene rings is 2. The predicted octanol–water partition coefficient (Wildman–Crippen LogP) is 2.37. The highest BCUT2D eigenvalue weighted by molar-refractivity contribution is 5.83. The Kier molecular flexibility index (Phi) is 4.11. The highest BCUT2D eigenvalue weighted by Gasteiger charge is 2.40. The van der Waals surface area contributed by atoms with Crippen molar-refractivity contribution in [2.45, 2.75) is 24.4 Å². The number of carbonyl (C=O) groups is 1. The number of hydrogen-bond donors (Lipinski definition) is 2. The fraction of sp³-hybridized carbons (Fsp3) is 0.278. The van der Waals surface area contributed by atoms with Crippen LogP contribution in [0.15, 0.2) is 54.6 Å². The summed E-state index contributed by atoms with van der Waals surface area (Å²) < 4.78 is 5.17. The third-order valence-electron chi connectivity index (χ3n) is 4.08. The van der Waals surface area contributed by atoms with Crippen LogP contribution in [-0.2, 0) is 4.79 Å².